The average molecular weight is 416 g/mol. The molecule has 0 aromatic heterocycles. The molecule has 1 aliphatic heterocycles. The molecule has 0 spiro atoms. The lowest BCUT2D eigenvalue weighted by Gasteiger charge is -2.32. The number of anilines is 2. The molecule has 7 nitrogen and oxygen atoms in total. The topological polar surface area (TPSA) is 83.0 Å². The number of rotatable bonds is 5. The van der Waals surface area contributed by atoms with Crippen LogP contribution < -0.4 is 15.5 Å². The summed E-state index contributed by atoms with van der Waals surface area (Å²) in [7, 11) is 0. The Morgan fingerprint density at radius 3 is 2.45 bits per heavy atom. The van der Waals surface area contributed by atoms with Crippen molar-refractivity contribution in [2.24, 2.45) is 0 Å². The molecule has 2 aromatic rings. The van der Waals surface area contributed by atoms with E-state index in [1.807, 2.05) is 12.1 Å². The van der Waals surface area contributed by atoms with Crippen LogP contribution in [0, 0.1) is 0 Å². The Hall–Kier alpha value is -2.90. The minimum atomic E-state index is -0.179. The Morgan fingerprint density at radius 1 is 1.03 bits per heavy atom. The van der Waals surface area contributed by atoms with Crippen molar-refractivity contribution in [1.29, 1.82) is 0 Å². The predicted octanol–water partition coefficient (Wildman–Crippen LogP) is 1.28. The van der Waals surface area contributed by atoms with E-state index in [2.05, 4.69) is 10.6 Å². The summed E-state index contributed by atoms with van der Waals surface area (Å²) in [6.45, 7) is 4.26. The van der Waals surface area contributed by atoms with Crippen molar-refractivity contribution >= 4 is 40.7 Å². The van der Waals surface area contributed by atoms with Crippen LogP contribution in [-0.2, 0) is 9.59 Å². The van der Waals surface area contributed by atoms with Gasteiger partial charge in [-0.15, -0.1) is 0 Å². The summed E-state index contributed by atoms with van der Waals surface area (Å²) in [4.78, 5) is 39.1. The van der Waals surface area contributed by atoms with Crippen molar-refractivity contribution in [2.75, 3.05) is 43.4 Å². The van der Waals surface area contributed by atoms with Crippen LogP contribution in [0.25, 0.3) is 0 Å². The fourth-order valence-corrected chi connectivity index (χ4v) is 3.49. The van der Waals surface area contributed by atoms with Gasteiger partial charge in [-0.05, 0) is 30.3 Å². The standard InChI is InChI=1S/C21H23ClN4O3/c1-15(27)23-17-6-4-5-16(13-17)21(29)26-11-9-25(10-12-26)14-20(28)24-19-8-3-2-7-18(19)22/h2-8,13H,9-12,14H2,1H3,(H,23,27)(H,24,28)/p+1. The second-order valence-corrected chi connectivity index (χ2v) is 7.42. The van der Waals surface area contributed by atoms with E-state index in [4.69, 9.17) is 11.6 Å². The highest BCUT2D eigenvalue weighted by molar-refractivity contribution is 6.33. The van der Waals surface area contributed by atoms with Crippen LogP contribution in [-0.4, -0.2) is 55.3 Å². The van der Waals surface area contributed by atoms with Crippen LogP contribution in [0.5, 0.6) is 0 Å². The molecule has 152 valence electrons. The third kappa shape index (κ3) is 5.79. The number of hydrogen-bond acceptors (Lipinski definition) is 3. The van der Waals surface area contributed by atoms with Gasteiger partial charge in [0.15, 0.2) is 6.54 Å². The highest BCUT2D eigenvalue weighted by Gasteiger charge is 2.26. The van der Waals surface area contributed by atoms with Crippen molar-refractivity contribution in [1.82, 2.24) is 4.90 Å². The molecule has 1 heterocycles. The van der Waals surface area contributed by atoms with Crippen molar-refractivity contribution in [3.63, 3.8) is 0 Å². The van der Waals surface area contributed by atoms with Gasteiger partial charge in [-0.2, -0.15) is 0 Å². The van der Waals surface area contributed by atoms with E-state index >= 15 is 0 Å². The Bertz CT molecular complexity index is 910. The lowest BCUT2D eigenvalue weighted by molar-refractivity contribution is -0.895. The van der Waals surface area contributed by atoms with E-state index in [9.17, 15) is 14.4 Å². The minimum absolute atomic E-state index is 0.0724. The summed E-state index contributed by atoms with van der Waals surface area (Å²) in [6.07, 6.45) is 0. The molecule has 0 unspecified atom stereocenters. The number of halogens is 1. The number of quaternary nitrogens is 1. The van der Waals surface area contributed by atoms with Gasteiger partial charge in [0.2, 0.25) is 5.91 Å². The van der Waals surface area contributed by atoms with Crippen LogP contribution in [0.3, 0.4) is 0 Å². The predicted molar refractivity (Wildman–Crippen MR) is 112 cm³/mol. The fourth-order valence-electron chi connectivity index (χ4n) is 3.30. The van der Waals surface area contributed by atoms with Gasteiger partial charge in [-0.1, -0.05) is 29.8 Å². The zero-order valence-corrected chi connectivity index (χ0v) is 17.0. The maximum atomic E-state index is 12.8. The molecule has 0 aliphatic carbocycles. The maximum Gasteiger partial charge on any atom is 0.279 e. The molecule has 0 radical (unpaired) electrons. The highest BCUT2D eigenvalue weighted by Crippen LogP contribution is 2.20. The van der Waals surface area contributed by atoms with Gasteiger partial charge in [0.25, 0.3) is 11.8 Å². The molecule has 1 aliphatic rings. The van der Waals surface area contributed by atoms with Crippen LogP contribution in [0.1, 0.15) is 17.3 Å². The van der Waals surface area contributed by atoms with Gasteiger partial charge < -0.3 is 20.4 Å². The number of amides is 3. The Balaban J connectivity index is 1.51. The molecule has 3 N–H and O–H groups in total. The molecule has 0 saturated carbocycles. The molecule has 3 amide bonds. The number of carbonyl (C=O) groups is 3. The monoisotopic (exact) mass is 415 g/mol. The Morgan fingerprint density at radius 2 is 1.76 bits per heavy atom. The first-order chi connectivity index (χ1) is 13.9. The van der Waals surface area contributed by atoms with Crippen LogP contribution >= 0.6 is 11.6 Å². The van der Waals surface area contributed by atoms with E-state index in [1.165, 1.54) is 6.92 Å². The quantitative estimate of drug-likeness (QED) is 0.688. The highest BCUT2D eigenvalue weighted by atomic mass is 35.5. The lowest BCUT2D eigenvalue weighted by atomic mass is 10.1. The number of carbonyl (C=O) groups excluding carboxylic acids is 3. The minimum Gasteiger partial charge on any atom is -0.327 e. The van der Waals surface area contributed by atoms with E-state index in [-0.39, 0.29) is 17.7 Å². The fraction of sp³-hybridized carbons (Fsp3) is 0.286. The number of piperazine rings is 1. The number of para-hydroxylation sites is 1. The molecule has 1 fully saturated rings. The smallest absolute Gasteiger partial charge is 0.279 e. The second-order valence-electron chi connectivity index (χ2n) is 7.01. The van der Waals surface area contributed by atoms with E-state index in [0.717, 1.165) is 4.90 Å². The normalized spacial score (nSPS) is 14.3. The van der Waals surface area contributed by atoms with Crippen molar-refractivity contribution < 1.29 is 19.3 Å². The summed E-state index contributed by atoms with van der Waals surface area (Å²) in [6, 6.07) is 14.0. The third-order valence-electron chi connectivity index (χ3n) is 4.75. The zero-order chi connectivity index (χ0) is 20.8. The molecule has 8 heteroatoms. The van der Waals surface area contributed by atoms with Gasteiger partial charge in [-0.3, -0.25) is 14.4 Å². The Kier molecular flexibility index (Phi) is 6.85. The van der Waals surface area contributed by atoms with E-state index in [1.54, 1.807) is 41.3 Å². The Labute approximate surface area is 174 Å². The molecule has 29 heavy (non-hydrogen) atoms. The number of benzene rings is 2. The summed E-state index contributed by atoms with van der Waals surface area (Å²) in [5.74, 6) is -0.352. The molecule has 2 aromatic carbocycles. The van der Waals surface area contributed by atoms with Gasteiger partial charge in [0.05, 0.1) is 36.9 Å². The van der Waals surface area contributed by atoms with Gasteiger partial charge in [0, 0.05) is 18.2 Å². The first-order valence-electron chi connectivity index (χ1n) is 9.47. The van der Waals surface area contributed by atoms with Crippen molar-refractivity contribution in [2.45, 2.75) is 6.92 Å². The van der Waals surface area contributed by atoms with Crippen LogP contribution in [0.15, 0.2) is 48.5 Å². The van der Waals surface area contributed by atoms with Gasteiger partial charge in [0.1, 0.15) is 0 Å². The lowest BCUT2D eigenvalue weighted by Crippen LogP contribution is -3.15. The number of nitrogens with zero attached hydrogens (tertiary/aromatic N) is 1. The number of nitrogens with one attached hydrogen (secondary N) is 3. The first-order valence-corrected chi connectivity index (χ1v) is 9.85. The second kappa shape index (κ2) is 9.54. The van der Waals surface area contributed by atoms with Crippen molar-refractivity contribution in [3.8, 4) is 0 Å². The van der Waals surface area contributed by atoms with Gasteiger partial charge >= 0.3 is 0 Å². The van der Waals surface area contributed by atoms with E-state index < -0.39 is 0 Å². The van der Waals surface area contributed by atoms with Crippen molar-refractivity contribution in [3.05, 3.63) is 59.1 Å². The SMILES string of the molecule is CC(=O)Nc1cccc(C(=O)N2CC[NH+](CC(=O)Nc3ccccc3Cl)CC2)c1. The molecular formula is C21H24ClN4O3+. The summed E-state index contributed by atoms with van der Waals surface area (Å²) < 4.78 is 0. The maximum absolute atomic E-state index is 12.8. The molecule has 0 bridgehead atoms. The number of hydrogen-bond donors (Lipinski definition) is 3. The van der Waals surface area contributed by atoms with Crippen LogP contribution in [0.4, 0.5) is 11.4 Å². The molecule has 0 atom stereocenters. The first kappa shape index (κ1) is 20.8. The third-order valence-corrected chi connectivity index (χ3v) is 5.08. The summed E-state index contributed by atoms with van der Waals surface area (Å²) in [5, 5.41) is 6.03. The average Bonchev–Trinajstić information content (AvgIpc) is 2.69. The largest absolute Gasteiger partial charge is 0.327 e. The molecular weight excluding hydrogens is 392 g/mol. The van der Waals surface area contributed by atoms with Gasteiger partial charge in [-0.25, -0.2) is 0 Å². The van der Waals surface area contributed by atoms with E-state index in [0.29, 0.717) is 54.7 Å². The molecule has 1 saturated heterocycles. The zero-order valence-electron chi connectivity index (χ0n) is 16.2. The summed E-state index contributed by atoms with van der Waals surface area (Å²) >= 11 is 6.07. The molecule has 3 rings (SSSR count). The van der Waals surface area contributed by atoms with Crippen LogP contribution in [0.2, 0.25) is 5.02 Å². The summed E-state index contributed by atoms with van der Waals surface area (Å²) in [5.41, 5.74) is 1.74.